The summed E-state index contributed by atoms with van der Waals surface area (Å²) >= 11 is 0. The van der Waals surface area contributed by atoms with Crippen LogP contribution in [0.25, 0.3) is 0 Å². The molecular weight excluding hydrogens is 204 g/mol. The highest BCUT2D eigenvalue weighted by molar-refractivity contribution is 5.84. The lowest BCUT2D eigenvalue weighted by molar-refractivity contribution is -0.220. The highest BCUT2D eigenvalue weighted by atomic mass is 16.7. The number of aliphatic carboxylic acids is 1. The highest BCUT2D eigenvalue weighted by Crippen LogP contribution is 2.20. The number of carboxylic acids is 1. The first-order valence-electron chi connectivity index (χ1n) is 4.55. The fourth-order valence-electron chi connectivity index (χ4n) is 1.15. The molecule has 1 rings (SSSR count). The Morgan fingerprint density at radius 2 is 2.13 bits per heavy atom. The predicted octanol–water partition coefficient (Wildman–Crippen LogP) is -0.542. The maximum Gasteiger partial charge on any atom is 0.371 e. The summed E-state index contributed by atoms with van der Waals surface area (Å²) in [5.74, 6) is -1.73. The molecule has 1 aliphatic rings. The Balaban J connectivity index is 2.76. The molecule has 6 nitrogen and oxygen atoms in total. The molecule has 0 unspecified atom stereocenters. The van der Waals surface area contributed by atoms with Crippen LogP contribution in [0.15, 0.2) is 11.8 Å². The SMILES string of the molecule is CC(C)O[C@@H]1OC(C(=O)O)=C[C@H](O)[C@H]1O. The summed E-state index contributed by atoms with van der Waals surface area (Å²) in [5.41, 5.74) is 0. The van der Waals surface area contributed by atoms with Crippen LogP contribution < -0.4 is 0 Å². The summed E-state index contributed by atoms with van der Waals surface area (Å²) in [6.07, 6.45) is -3.04. The van der Waals surface area contributed by atoms with Crippen molar-refractivity contribution in [3.05, 3.63) is 11.8 Å². The van der Waals surface area contributed by atoms with E-state index in [1.165, 1.54) is 0 Å². The molecule has 0 amide bonds. The van der Waals surface area contributed by atoms with Crippen molar-refractivity contribution in [3.8, 4) is 0 Å². The molecule has 1 aliphatic heterocycles. The van der Waals surface area contributed by atoms with Gasteiger partial charge >= 0.3 is 5.97 Å². The van der Waals surface area contributed by atoms with Gasteiger partial charge in [0.05, 0.1) is 6.10 Å². The number of ether oxygens (including phenoxy) is 2. The van der Waals surface area contributed by atoms with Crippen LogP contribution in [0, 0.1) is 0 Å². The molecule has 0 spiro atoms. The molecule has 0 aromatic rings. The van der Waals surface area contributed by atoms with Crippen molar-refractivity contribution < 1.29 is 29.6 Å². The topological polar surface area (TPSA) is 96.2 Å². The van der Waals surface area contributed by atoms with Crippen molar-refractivity contribution in [2.75, 3.05) is 0 Å². The van der Waals surface area contributed by atoms with Crippen molar-refractivity contribution in [2.24, 2.45) is 0 Å². The monoisotopic (exact) mass is 218 g/mol. The number of hydrogen-bond acceptors (Lipinski definition) is 5. The normalized spacial score (nSPS) is 31.0. The van der Waals surface area contributed by atoms with Crippen LogP contribution >= 0.6 is 0 Å². The second kappa shape index (κ2) is 4.61. The van der Waals surface area contributed by atoms with Gasteiger partial charge in [0.25, 0.3) is 0 Å². The molecule has 3 atom stereocenters. The van der Waals surface area contributed by atoms with Gasteiger partial charge in [0, 0.05) is 0 Å². The number of carboxylic acid groups (broad SMARTS) is 1. The van der Waals surface area contributed by atoms with Crippen LogP contribution in [0.4, 0.5) is 0 Å². The van der Waals surface area contributed by atoms with Crippen LogP contribution in [0.5, 0.6) is 0 Å². The molecular formula is C9H14O6. The van der Waals surface area contributed by atoms with Gasteiger partial charge < -0.3 is 24.8 Å². The fourth-order valence-corrected chi connectivity index (χ4v) is 1.15. The zero-order chi connectivity index (χ0) is 11.6. The molecule has 0 aliphatic carbocycles. The van der Waals surface area contributed by atoms with E-state index in [4.69, 9.17) is 14.6 Å². The van der Waals surface area contributed by atoms with Gasteiger partial charge in [-0.25, -0.2) is 4.79 Å². The second-order valence-corrected chi connectivity index (χ2v) is 3.49. The van der Waals surface area contributed by atoms with Crippen LogP contribution in [0.1, 0.15) is 13.8 Å². The molecule has 0 bridgehead atoms. The van der Waals surface area contributed by atoms with Crippen LogP contribution in [-0.4, -0.2) is 45.9 Å². The van der Waals surface area contributed by atoms with Crippen molar-refractivity contribution in [1.82, 2.24) is 0 Å². The molecule has 0 fully saturated rings. The number of hydrogen-bond donors (Lipinski definition) is 3. The Kier molecular flexibility index (Phi) is 3.67. The van der Waals surface area contributed by atoms with Gasteiger partial charge in [-0.2, -0.15) is 0 Å². The lowest BCUT2D eigenvalue weighted by atomic mass is 10.1. The van der Waals surface area contributed by atoms with E-state index in [9.17, 15) is 15.0 Å². The van der Waals surface area contributed by atoms with Gasteiger partial charge in [0.15, 0.2) is 0 Å². The van der Waals surface area contributed by atoms with Crippen molar-refractivity contribution in [1.29, 1.82) is 0 Å². The first kappa shape index (κ1) is 12.0. The first-order valence-corrected chi connectivity index (χ1v) is 4.55. The third-order valence-corrected chi connectivity index (χ3v) is 1.81. The lowest BCUT2D eigenvalue weighted by Crippen LogP contribution is -2.45. The number of aliphatic hydroxyl groups excluding tert-OH is 2. The van der Waals surface area contributed by atoms with Gasteiger partial charge in [-0.1, -0.05) is 0 Å². The molecule has 0 saturated heterocycles. The Morgan fingerprint density at radius 3 is 2.60 bits per heavy atom. The third-order valence-electron chi connectivity index (χ3n) is 1.81. The third kappa shape index (κ3) is 2.92. The smallest absolute Gasteiger partial charge is 0.371 e. The van der Waals surface area contributed by atoms with E-state index in [1.807, 2.05) is 0 Å². The molecule has 0 saturated carbocycles. The summed E-state index contributed by atoms with van der Waals surface area (Å²) in [4.78, 5) is 10.6. The Bertz CT molecular complexity index is 272. The molecule has 6 heteroatoms. The molecule has 0 aromatic carbocycles. The van der Waals surface area contributed by atoms with Crippen molar-refractivity contribution >= 4 is 5.97 Å². The first-order chi connectivity index (χ1) is 6.91. The minimum absolute atomic E-state index is 0.245. The van der Waals surface area contributed by atoms with Gasteiger partial charge in [-0.05, 0) is 19.9 Å². The molecule has 86 valence electrons. The van der Waals surface area contributed by atoms with E-state index in [1.54, 1.807) is 13.8 Å². The Labute approximate surface area is 86.7 Å². The summed E-state index contributed by atoms with van der Waals surface area (Å²) in [6, 6.07) is 0. The van der Waals surface area contributed by atoms with E-state index in [2.05, 4.69) is 0 Å². The standard InChI is InChI=1S/C9H14O6/c1-4(2)14-9-7(11)5(10)3-6(15-9)8(12)13/h3-5,7,9-11H,1-2H3,(H,12,13)/t5-,7+,9+/m0/s1. The molecule has 3 N–H and O–H groups in total. The lowest BCUT2D eigenvalue weighted by Gasteiger charge is -2.31. The second-order valence-electron chi connectivity index (χ2n) is 3.49. The van der Waals surface area contributed by atoms with E-state index < -0.39 is 30.2 Å². The number of carbonyl (C=O) groups is 1. The van der Waals surface area contributed by atoms with Gasteiger partial charge in [-0.3, -0.25) is 0 Å². The van der Waals surface area contributed by atoms with E-state index in [-0.39, 0.29) is 6.10 Å². The highest BCUT2D eigenvalue weighted by Gasteiger charge is 2.35. The zero-order valence-electron chi connectivity index (χ0n) is 8.45. The van der Waals surface area contributed by atoms with Gasteiger partial charge in [-0.15, -0.1) is 0 Å². The molecule has 0 radical (unpaired) electrons. The van der Waals surface area contributed by atoms with Gasteiger partial charge in [0.1, 0.15) is 12.2 Å². The molecule has 1 heterocycles. The van der Waals surface area contributed by atoms with Gasteiger partial charge in [0.2, 0.25) is 12.0 Å². The fraction of sp³-hybridized carbons (Fsp3) is 0.667. The van der Waals surface area contributed by atoms with Crippen molar-refractivity contribution in [2.45, 2.75) is 38.4 Å². The average Bonchev–Trinajstić information content (AvgIpc) is 2.11. The summed E-state index contributed by atoms with van der Waals surface area (Å²) in [7, 11) is 0. The summed E-state index contributed by atoms with van der Waals surface area (Å²) in [5, 5.41) is 27.4. The minimum atomic E-state index is -1.31. The largest absolute Gasteiger partial charge is 0.475 e. The molecule has 15 heavy (non-hydrogen) atoms. The maximum atomic E-state index is 10.6. The minimum Gasteiger partial charge on any atom is -0.475 e. The maximum absolute atomic E-state index is 10.6. The van der Waals surface area contributed by atoms with E-state index in [0.717, 1.165) is 6.08 Å². The summed E-state index contributed by atoms with van der Waals surface area (Å²) in [6.45, 7) is 3.42. The van der Waals surface area contributed by atoms with Crippen LogP contribution in [-0.2, 0) is 14.3 Å². The zero-order valence-corrected chi connectivity index (χ0v) is 8.45. The predicted molar refractivity (Wildman–Crippen MR) is 48.8 cm³/mol. The Morgan fingerprint density at radius 1 is 1.53 bits per heavy atom. The van der Waals surface area contributed by atoms with Crippen LogP contribution in [0.2, 0.25) is 0 Å². The van der Waals surface area contributed by atoms with Crippen molar-refractivity contribution in [3.63, 3.8) is 0 Å². The van der Waals surface area contributed by atoms with Crippen LogP contribution in [0.3, 0.4) is 0 Å². The molecule has 0 aromatic heterocycles. The quantitative estimate of drug-likeness (QED) is 0.588. The van der Waals surface area contributed by atoms with E-state index >= 15 is 0 Å². The average molecular weight is 218 g/mol. The number of aliphatic hydroxyl groups is 2. The summed E-state index contributed by atoms with van der Waals surface area (Å²) < 4.78 is 9.99. The Hall–Kier alpha value is -1.11. The number of rotatable bonds is 3. The van der Waals surface area contributed by atoms with E-state index in [0.29, 0.717) is 0 Å².